The summed E-state index contributed by atoms with van der Waals surface area (Å²) in [5.74, 6) is 1.34. The van der Waals surface area contributed by atoms with Crippen LogP contribution in [0, 0.1) is 0 Å². The highest BCUT2D eigenvalue weighted by Gasteiger charge is 2.29. The van der Waals surface area contributed by atoms with Gasteiger partial charge in [-0.15, -0.1) is 0 Å². The standard InChI is InChI=1S/C31H38O4/c1-5-6-7-14-19-31(3,4)28-20-27(33-22-25-15-10-8-11-16-25)21-29(30(28)35-24(2)32)34-23-26-17-12-9-13-18-26/h8-13,15-18,20-21H,5-7,14,19,22-23H2,1-4H3. The van der Waals surface area contributed by atoms with Gasteiger partial charge in [0.05, 0.1) is 0 Å². The maximum atomic E-state index is 12.1. The second-order valence-electron chi connectivity index (χ2n) is 9.63. The van der Waals surface area contributed by atoms with Gasteiger partial charge >= 0.3 is 5.97 Å². The van der Waals surface area contributed by atoms with Gasteiger partial charge in [0.25, 0.3) is 0 Å². The van der Waals surface area contributed by atoms with E-state index in [0.717, 1.165) is 29.5 Å². The highest BCUT2D eigenvalue weighted by Crippen LogP contribution is 2.44. The summed E-state index contributed by atoms with van der Waals surface area (Å²) < 4.78 is 18.2. The van der Waals surface area contributed by atoms with Gasteiger partial charge in [0, 0.05) is 18.6 Å². The summed E-state index contributed by atoms with van der Waals surface area (Å²) in [5, 5.41) is 0. The first-order chi connectivity index (χ1) is 16.9. The van der Waals surface area contributed by atoms with Crippen LogP contribution in [0.1, 0.15) is 76.5 Å². The molecule has 3 aromatic rings. The molecule has 4 nitrogen and oxygen atoms in total. The summed E-state index contributed by atoms with van der Waals surface area (Å²) in [4.78, 5) is 12.1. The molecule has 0 aliphatic rings. The highest BCUT2D eigenvalue weighted by molar-refractivity contribution is 5.72. The molecule has 0 bridgehead atoms. The monoisotopic (exact) mass is 474 g/mol. The Morgan fingerprint density at radius 2 is 1.40 bits per heavy atom. The summed E-state index contributed by atoms with van der Waals surface area (Å²) in [6.07, 6.45) is 5.68. The zero-order valence-corrected chi connectivity index (χ0v) is 21.5. The molecule has 0 atom stereocenters. The number of carbonyl (C=O) groups excluding carboxylic acids is 1. The predicted molar refractivity (Wildman–Crippen MR) is 141 cm³/mol. The zero-order chi connectivity index (χ0) is 25.1. The van der Waals surface area contributed by atoms with Gasteiger partial charge in [-0.2, -0.15) is 0 Å². The van der Waals surface area contributed by atoms with Gasteiger partial charge in [0.1, 0.15) is 19.0 Å². The van der Waals surface area contributed by atoms with E-state index in [9.17, 15) is 4.79 Å². The number of esters is 1. The third-order valence-electron chi connectivity index (χ3n) is 6.14. The SMILES string of the molecule is CCCCCCC(C)(C)c1cc(OCc2ccccc2)cc(OCc2ccccc2)c1OC(C)=O. The topological polar surface area (TPSA) is 44.8 Å². The summed E-state index contributed by atoms with van der Waals surface area (Å²) in [6.45, 7) is 8.86. The van der Waals surface area contributed by atoms with Crippen LogP contribution >= 0.6 is 0 Å². The lowest BCUT2D eigenvalue weighted by Crippen LogP contribution is -2.20. The van der Waals surface area contributed by atoms with Crippen molar-refractivity contribution in [3.8, 4) is 17.2 Å². The van der Waals surface area contributed by atoms with E-state index in [1.165, 1.54) is 26.2 Å². The van der Waals surface area contributed by atoms with Crippen LogP contribution < -0.4 is 14.2 Å². The van der Waals surface area contributed by atoms with Gasteiger partial charge < -0.3 is 14.2 Å². The van der Waals surface area contributed by atoms with Crippen molar-refractivity contribution < 1.29 is 19.0 Å². The van der Waals surface area contributed by atoms with Crippen molar-refractivity contribution in [2.75, 3.05) is 0 Å². The molecule has 0 fully saturated rings. The van der Waals surface area contributed by atoms with Gasteiger partial charge in [-0.05, 0) is 29.0 Å². The third kappa shape index (κ3) is 8.17. The lowest BCUT2D eigenvalue weighted by molar-refractivity contribution is -0.132. The molecule has 0 aliphatic heterocycles. The largest absolute Gasteiger partial charge is 0.489 e. The van der Waals surface area contributed by atoms with Crippen LogP contribution in [0.2, 0.25) is 0 Å². The number of carbonyl (C=O) groups is 1. The highest BCUT2D eigenvalue weighted by atomic mass is 16.6. The smallest absolute Gasteiger partial charge is 0.308 e. The molecule has 0 amide bonds. The number of rotatable bonds is 13. The number of benzene rings is 3. The quantitative estimate of drug-likeness (QED) is 0.143. The van der Waals surface area contributed by atoms with E-state index < -0.39 is 0 Å². The Bertz CT molecular complexity index is 1060. The molecule has 3 aromatic carbocycles. The van der Waals surface area contributed by atoms with Gasteiger partial charge in [0.2, 0.25) is 0 Å². The first kappa shape index (κ1) is 26.3. The minimum atomic E-state index is -0.365. The Labute approximate surface area is 210 Å². The van der Waals surface area contributed by atoms with Crippen molar-refractivity contribution in [3.05, 3.63) is 89.5 Å². The van der Waals surface area contributed by atoms with Gasteiger partial charge in [-0.3, -0.25) is 4.79 Å². The fraction of sp³-hybridized carbons (Fsp3) is 0.387. The lowest BCUT2D eigenvalue weighted by Gasteiger charge is -2.29. The minimum Gasteiger partial charge on any atom is -0.489 e. The van der Waals surface area contributed by atoms with Crippen molar-refractivity contribution in [1.82, 2.24) is 0 Å². The first-order valence-electron chi connectivity index (χ1n) is 12.6. The first-order valence-corrected chi connectivity index (χ1v) is 12.6. The van der Waals surface area contributed by atoms with Crippen molar-refractivity contribution in [3.63, 3.8) is 0 Å². The van der Waals surface area contributed by atoms with Crippen LogP contribution in [-0.4, -0.2) is 5.97 Å². The summed E-state index contributed by atoms with van der Waals surface area (Å²) in [5.41, 5.74) is 2.83. The summed E-state index contributed by atoms with van der Waals surface area (Å²) >= 11 is 0. The molecular weight excluding hydrogens is 436 g/mol. The van der Waals surface area contributed by atoms with E-state index >= 15 is 0 Å². The summed E-state index contributed by atoms with van der Waals surface area (Å²) in [7, 11) is 0. The fourth-order valence-corrected chi connectivity index (χ4v) is 4.12. The van der Waals surface area contributed by atoms with Crippen molar-refractivity contribution in [1.29, 1.82) is 0 Å². The van der Waals surface area contributed by atoms with Crippen LogP contribution in [0.3, 0.4) is 0 Å². The predicted octanol–water partition coefficient (Wildman–Crippen LogP) is 8.02. The van der Waals surface area contributed by atoms with Crippen LogP contribution in [0.4, 0.5) is 0 Å². The molecule has 186 valence electrons. The van der Waals surface area contributed by atoms with Crippen LogP contribution in [0.5, 0.6) is 17.2 Å². The van der Waals surface area contributed by atoms with Gasteiger partial charge in [-0.25, -0.2) is 0 Å². The van der Waals surface area contributed by atoms with Crippen molar-refractivity contribution >= 4 is 5.97 Å². The average molecular weight is 475 g/mol. The van der Waals surface area contributed by atoms with Crippen molar-refractivity contribution in [2.24, 2.45) is 0 Å². The number of ether oxygens (including phenoxy) is 3. The molecule has 0 aliphatic carbocycles. The lowest BCUT2D eigenvalue weighted by atomic mass is 9.79. The Morgan fingerprint density at radius 1 is 0.800 bits per heavy atom. The Hall–Kier alpha value is -3.27. The Balaban J connectivity index is 1.96. The van der Waals surface area contributed by atoms with Gasteiger partial charge in [-0.1, -0.05) is 107 Å². The second-order valence-corrected chi connectivity index (χ2v) is 9.63. The van der Waals surface area contributed by atoms with E-state index in [4.69, 9.17) is 14.2 Å². The van der Waals surface area contributed by atoms with E-state index in [0.29, 0.717) is 30.5 Å². The molecule has 0 unspecified atom stereocenters. The van der Waals surface area contributed by atoms with E-state index in [2.05, 4.69) is 20.8 Å². The molecule has 3 rings (SSSR count). The zero-order valence-electron chi connectivity index (χ0n) is 21.5. The van der Waals surface area contributed by atoms with E-state index in [-0.39, 0.29) is 11.4 Å². The van der Waals surface area contributed by atoms with Crippen LogP contribution in [-0.2, 0) is 23.4 Å². The van der Waals surface area contributed by atoms with Crippen LogP contribution in [0.15, 0.2) is 72.8 Å². The fourth-order valence-electron chi connectivity index (χ4n) is 4.12. The van der Waals surface area contributed by atoms with E-state index in [1.54, 1.807) is 0 Å². The number of hydrogen-bond acceptors (Lipinski definition) is 4. The van der Waals surface area contributed by atoms with E-state index in [1.807, 2.05) is 72.8 Å². The molecule has 35 heavy (non-hydrogen) atoms. The number of hydrogen-bond donors (Lipinski definition) is 0. The molecule has 0 spiro atoms. The number of unbranched alkanes of at least 4 members (excludes halogenated alkanes) is 3. The van der Waals surface area contributed by atoms with Gasteiger partial charge in [0.15, 0.2) is 11.5 Å². The molecule has 0 saturated carbocycles. The van der Waals surface area contributed by atoms with Crippen LogP contribution in [0.25, 0.3) is 0 Å². The maximum absolute atomic E-state index is 12.1. The second kappa shape index (κ2) is 13.0. The molecule has 0 aromatic heterocycles. The minimum absolute atomic E-state index is 0.227. The molecule has 0 radical (unpaired) electrons. The molecule has 0 N–H and O–H groups in total. The normalized spacial score (nSPS) is 11.2. The Morgan fingerprint density at radius 3 is 1.97 bits per heavy atom. The third-order valence-corrected chi connectivity index (χ3v) is 6.14. The summed E-state index contributed by atoms with van der Waals surface area (Å²) in [6, 6.07) is 23.9. The Kier molecular flexibility index (Phi) is 9.77. The average Bonchev–Trinajstić information content (AvgIpc) is 2.86. The maximum Gasteiger partial charge on any atom is 0.308 e. The molecule has 4 heteroatoms. The molecule has 0 heterocycles. The molecular formula is C31H38O4. The van der Waals surface area contributed by atoms with Crippen molar-refractivity contribution in [2.45, 2.75) is 78.4 Å². The molecule has 0 saturated heterocycles.